The second-order valence-corrected chi connectivity index (χ2v) is 7.69. The van der Waals surface area contributed by atoms with Crippen LogP contribution in [0.4, 0.5) is 4.39 Å². The summed E-state index contributed by atoms with van der Waals surface area (Å²) in [6.45, 7) is 0. The minimum atomic E-state index is -0.356. The first-order valence-electron chi connectivity index (χ1n) is 7.71. The fourth-order valence-electron chi connectivity index (χ4n) is 2.11. The standard InChI is InChI=1S/C19H14ClFN2OS2/c20-16-4-2-1-3-14(16)10-25-18-9-19(23-12-22-18)26-11-17(24)13-5-7-15(21)8-6-13/h1-9,12H,10-11H2. The number of benzene rings is 2. The minimum Gasteiger partial charge on any atom is -0.293 e. The SMILES string of the molecule is O=C(CSc1cc(SCc2ccccc2Cl)ncn1)c1ccc(F)cc1. The van der Waals surface area contributed by atoms with Gasteiger partial charge in [0, 0.05) is 22.4 Å². The van der Waals surface area contributed by atoms with E-state index in [9.17, 15) is 9.18 Å². The number of hydrogen-bond donors (Lipinski definition) is 0. The lowest BCUT2D eigenvalue weighted by atomic mass is 10.1. The summed E-state index contributed by atoms with van der Waals surface area (Å²) in [6.07, 6.45) is 1.49. The van der Waals surface area contributed by atoms with Gasteiger partial charge >= 0.3 is 0 Å². The number of thioether (sulfide) groups is 2. The average molecular weight is 405 g/mol. The molecule has 1 aromatic heterocycles. The number of nitrogens with zero attached hydrogens (tertiary/aromatic N) is 2. The number of hydrogen-bond acceptors (Lipinski definition) is 5. The smallest absolute Gasteiger partial charge is 0.173 e. The predicted molar refractivity (Wildman–Crippen MR) is 104 cm³/mol. The Bertz CT molecular complexity index is 906. The number of aromatic nitrogens is 2. The van der Waals surface area contributed by atoms with Crippen molar-refractivity contribution in [2.24, 2.45) is 0 Å². The zero-order valence-electron chi connectivity index (χ0n) is 13.6. The molecule has 0 N–H and O–H groups in total. The Hall–Kier alpha value is -1.89. The number of rotatable bonds is 7. The van der Waals surface area contributed by atoms with Crippen LogP contribution in [0.3, 0.4) is 0 Å². The molecule has 0 aliphatic carbocycles. The Labute approximate surface area is 164 Å². The third-order valence-electron chi connectivity index (χ3n) is 3.47. The molecule has 0 atom stereocenters. The lowest BCUT2D eigenvalue weighted by Crippen LogP contribution is -2.02. The normalized spacial score (nSPS) is 10.7. The summed E-state index contributed by atoms with van der Waals surface area (Å²) in [6, 6.07) is 15.1. The van der Waals surface area contributed by atoms with E-state index in [1.807, 2.05) is 30.3 Å². The van der Waals surface area contributed by atoms with Gasteiger partial charge in [0.1, 0.15) is 22.2 Å². The topological polar surface area (TPSA) is 42.9 Å². The molecule has 3 rings (SSSR count). The first-order chi connectivity index (χ1) is 12.6. The molecule has 0 radical (unpaired) electrons. The van der Waals surface area contributed by atoms with Crippen LogP contribution in [0, 0.1) is 5.82 Å². The van der Waals surface area contributed by atoms with Crippen molar-refractivity contribution in [2.45, 2.75) is 15.8 Å². The van der Waals surface area contributed by atoms with Gasteiger partial charge in [-0.2, -0.15) is 0 Å². The highest BCUT2D eigenvalue weighted by Gasteiger charge is 2.09. The highest BCUT2D eigenvalue weighted by molar-refractivity contribution is 8.00. The molecule has 3 nitrogen and oxygen atoms in total. The average Bonchev–Trinajstić information content (AvgIpc) is 2.66. The number of halogens is 2. The van der Waals surface area contributed by atoms with Gasteiger partial charge in [-0.3, -0.25) is 4.79 Å². The molecule has 2 aromatic carbocycles. The molecular weight excluding hydrogens is 391 g/mol. The van der Waals surface area contributed by atoms with Crippen molar-refractivity contribution in [1.82, 2.24) is 9.97 Å². The van der Waals surface area contributed by atoms with Crippen molar-refractivity contribution >= 4 is 40.9 Å². The van der Waals surface area contributed by atoms with Gasteiger partial charge in [0.15, 0.2) is 5.78 Å². The largest absolute Gasteiger partial charge is 0.293 e. The highest BCUT2D eigenvalue weighted by atomic mass is 35.5. The molecule has 0 saturated carbocycles. The van der Waals surface area contributed by atoms with Crippen LogP contribution in [-0.4, -0.2) is 21.5 Å². The molecule has 26 heavy (non-hydrogen) atoms. The molecule has 1 heterocycles. The van der Waals surface area contributed by atoms with E-state index < -0.39 is 0 Å². The molecule has 0 spiro atoms. The van der Waals surface area contributed by atoms with Gasteiger partial charge in [-0.15, -0.1) is 11.8 Å². The Morgan fingerprint density at radius 2 is 1.69 bits per heavy atom. The van der Waals surface area contributed by atoms with E-state index in [4.69, 9.17) is 11.6 Å². The van der Waals surface area contributed by atoms with Crippen LogP contribution in [0.2, 0.25) is 5.02 Å². The van der Waals surface area contributed by atoms with Gasteiger partial charge in [0.25, 0.3) is 0 Å². The van der Waals surface area contributed by atoms with Crippen LogP contribution in [0.1, 0.15) is 15.9 Å². The highest BCUT2D eigenvalue weighted by Crippen LogP contribution is 2.27. The summed E-state index contributed by atoms with van der Waals surface area (Å²) in [5.74, 6) is 0.510. The second kappa shape index (κ2) is 9.16. The van der Waals surface area contributed by atoms with E-state index >= 15 is 0 Å². The number of carbonyl (C=O) groups excluding carboxylic acids is 1. The van der Waals surface area contributed by atoms with Crippen molar-refractivity contribution in [2.75, 3.05) is 5.75 Å². The summed E-state index contributed by atoms with van der Waals surface area (Å²) in [7, 11) is 0. The predicted octanol–water partition coefficient (Wildman–Crippen LogP) is 5.54. The molecule has 3 aromatic rings. The van der Waals surface area contributed by atoms with Crippen LogP contribution < -0.4 is 0 Å². The minimum absolute atomic E-state index is 0.0705. The summed E-state index contributed by atoms with van der Waals surface area (Å²) < 4.78 is 12.9. The number of Topliss-reactive ketones (excluding diaryl/α,β-unsaturated/α-hetero) is 1. The van der Waals surface area contributed by atoms with Crippen molar-refractivity contribution in [3.63, 3.8) is 0 Å². The van der Waals surface area contributed by atoms with E-state index in [0.29, 0.717) is 11.3 Å². The molecule has 0 fully saturated rings. The zero-order chi connectivity index (χ0) is 18.4. The van der Waals surface area contributed by atoms with E-state index in [2.05, 4.69) is 9.97 Å². The third kappa shape index (κ3) is 5.30. The zero-order valence-corrected chi connectivity index (χ0v) is 16.0. The maximum atomic E-state index is 12.9. The fraction of sp³-hybridized carbons (Fsp3) is 0.105. The molecule has 0 amide bonds. The Kier molecular flexibility index (Phi) is 6.66. The molecule has 7 heteroatoms. The van der Waals surface area contributed by atoms with E-state index in [1.165, 1.54) is 42.4 Å². The van der Waals surface area contributed by atoms with Gasteiger partial charge in [0.05, 0.1) is 5.75 Å². The Balaban J connectivity index is 1.58. The van der Waals surface area contributed by atoms with Gasteiger partial charge in [0.2, 0.25) is 0 Å². The van der Waals surface area contributed by atoms with Gasteiger partial charge < -0.3 is 0 Å². The number of carbonyl (C=O) groups is 1. The monoisotopic (exact) mass is 404 g/mol. The Morgan fingerprint density at radius 3 is 2.42 bits per heavy atom. The van der Waals surface area contributed by atoms with Crippen molar-refractivity contribution in [3.8, 4) is 0 Å². The third-order valence-corrected chi connectivity index (χ3v) is 5.74. The molecular formula is C19H14ClFN2OS2. The van der Waals surface area contributed by atoms with Crippen molar-refractivity contribution < 1.29 is 9.18 Å². The van der Waals surface area contributed by atoms with Crippen LogP contribution >= 0.6 is 35.1 Å². The van der Waals surface area contributed by atoms with Gasteiger partial charge in [-0.1, -0.05) is 41.6 Å². The Morgan fingerprint density at radius 1 is 1.00 bits per heavy atom. The summed E-state index contributed by atoms with van der Waals surface area (Å²) in [5, 5.41) is 2.27. The van der Waals surface area contributed by atoms with E-state index in [1.54, 1.807) is 11.8 Å². The molecule has 132 valence electrons. The van der Waals surface area contributed by atoms with E-state index in [-0.39, 0.29) is 17.4 Å². The molecule has 0 bridgehead atoms. The summed E-state index contributed by atoms with van der Waals surface area (Å²) in [5.41, 5.74) is 1.53. The van der Waals surface area contributed by atoms with E-state index in [0.717, 1.165) is 20.6 Å². The maximum Gasteiger partial charge on any atom is 0.173 e. The summed E-state index contributed by atoms with van der Waals surface area (Å²) >= 11 is 9.05. The van der Waals surface area contributed by atoms with Crippen molar-refractivity contribution in [1.29, 1.82) is 0 Å². The molecule has 0 saturated heterocycles. The summed E-state index contributed by atoms with van der Waals surface area (Å²) in [4.78, 5) is 20.6. The van der Waals surface area contributed by atoms with Crippen molar-refractivity contribution in [3.05, 3.63) is 82.9 Å². The van der Waals surface area contributed by atoms with Gasteiger partial charge in [-0.25, -0.2) is 14.4 Å². The lowest BCUT2D eigenvalue weighted by Gasteiger charge is -2.05. The van der Waals surface area contributed by atoms with Gasteiger partial charge in [-0.05, 0) is 35.9 Å². The maximum absolute atomic E-state index is 12.9. The fourth-order valence-corrected chi connectivity index (χ4v) is 4.10. The molecule has 0 unspecified atom stereocenters. The molecule has 0 aliphatic rings. The quantitative estimate of drug-likeness (QED) is 0.294. The lowest BCUT2D eigenvalue weighted by molar-refractivity contribution is 0.102. The number of ketones is 1. The second-order valence-electron chi connectivity index (χ2n) is 5.29. The van der Waals surface area contributed by atoms with Crippen LogP contribution in [0.15, 0.2) is 71.0 Å². The molecule has 0 aliphatic heterocycles. The first-order valence-corrected chi connectivity index (χ1v) is 10.1. The van der Waals surface area contributed by atoms with Crippen LogP contribution in [0.25, 0.3) is 0 Å². The first kappa shape index (κ1) is 18.9. The van der Waals surface area contributed by atoms with Crippen LogP contribution in [-0.2, 0) is 5.75 Å². The van der Waals surface area contributed by atoms with Crippen LogP contribution in [0.5, 0.6) is 0 Å².